The third kappa shape index (κ3) is 4.26. The van der Waals surface area contributed by atoms with Crippen molar-refractivity contribution in [1.29, 1.82) is 0 Å². The van der Waals surface area contributed by atoms with Gasteiger partial charge in [-0.1, -0.05) is 18.2 Å². The number of aliphatic imine (C=N–C) groups is 2. The summed E-state index contributed by atoms with van der Waals surface area (Å²) in [5.41, 5.74) is 0.570. The second-order valence-corrected chi connectivity index (χ2v) is 5.03. The molecule has 0 bridgehead atoms. The Kier molecular flexibility index (Phi) is 5.24. The molecule has 0 radical (unpaired) electrons. The first-order valence-corrected chi connectivity index (χ1v) is 7.08. The highest BCUT2D eigenvalue weighted by atomic mass is 16.5. The van der Waals surface area contributed by atoms with E-state index in [-0.39, 0.29) is 24.4 Å². The number of urea groups is 1. The van der Waals surface area contributed by atoms with E-state index in [4.69, 9.17) is 4.74 Å². The highest BCUT2D eigenvalue weighted by Gasteiger charge is 2.30. The Labute approximate surface area is 134 Å². The second-order valence-electron chi connectivity index (χ2n) is 5.03. The molecule has 1 unspecified atom stereocenters. The molecule has 0 saturated carbocycles. The van der Waals surface area contributed by atoms with Crippen LogP contribution in [0.3, 0.4) is 0 Å². The summed E-state index contributed by atoms with van der Waals surface area (Å²) < 4.78 is 5.48. The van der Waals surface area contributed by atoms with Crippen LogP contribution < -0.4 is 10.1 Å². The van der Waals surface area contributed by atoms with Gasteiger partial charge >= 0.3 is 12.1 Å². The molecule has 1 aliphatic heterocycles. The standard InChI is InChI=1S/C16H18N4O3/c1-11-9-14(21)19-16(22)20(11)12(2)10-18-15(17-3)23-13-7-5-4-6-8-13/h4-8,10-11H,3,9H2,1-2H3,(H,19,21,22)/b12-10+,18-15+. The van der Waals surface area contributed by atoms with Crippen LogP contribution in [0.5, 0.6) is 5.75 Å². The molecule has 0 aromatic heterocycles. The first-order valence-electron chi connectivity index (χ1n) is 7.08. The maximum absolute atomic E-state index is 11.9. The number of amides is 3. The average Bonchev–Trinajstić information content (AvgIpc) is 2.51. The smallest absolute Gasteiger partial charge is 0.328 e. The van der Waals surface area contributed by atoms with Crippen molar-refractivity contribution in [2.75, 3.05) is 0 Å². The Morgan fingerprint density at radius 3 is 2.70 bits per heavy atom. The van der Waals surface area contributed by atoms with Gasteiger partial charge in [-0.25, -0.2) is 14.8 Å². The SMILES string of the molecule is C=N/C(=N\C=C(/C)N1C(=O)NC(=O)CC1C)Oc1ccccc1. The van der Waals surface area contributed by atoms with Crippen molar-refractivity contribution in [3.8, 4) is 5.75 Å². The third-order valence-corrected chi connectivity index (χ3v) is 3.22. The average molecular weight is 314 g/mol. The molecule has 120 valence electrons. The van der Waals surface area contributed by atoms with Gasteiger partial charge in [0.25, 0.3) is 0 Å². The van der Waals surface area contributed by atoms with Crippen LogP contribution in [-0.2, 0) is 4.79 Å². The van der Waals surface area contributed by atoms with Crippen LogP contribution in [-0.4, -0.2) is 35.6 Å². The van der Waals surface area contributed by atoms with Crippen LogP contribution in [0.1, 0.15) is 20.3 Å². The number of nitrogens with one attached hydrogen (secondary N) is 1. The van der Waals surface area contributed by atoms with Crippen molar-refractivity contribution in [3.05, 3.63) is 42.2 Å². The van der Waals surface area contributed by atoms with Gasteiger partial charge in [0.15, 0.2) is 0 Å². The molecule has 0 aliphatic carbocycles. The maximum Gasteiger partial charge on any atom is 0.328 e. The predicted molar refractivity (Wildman–Crippen MR) is 87.3 cm³/mol. The summed E-state index contributed by atoms with van der Waals surface area (Å²) in [4.78, 5) is 32.5. The number of allylic oxidation sites excluding steroid dienone is 1. The first kappa shape index (κ1) is 16.4. The molecule has 1 aliphatic rings. The fourth-order valence-corrected chi connectivity index (χ4v) is 2.20. The van der Waals surface area contributed by atoms with Crippen LogP contribution in [0.4, 0.5) is 4.79 Å². The van der Waals surface area contributed by atoms with Gasteiger partial charge in [0.1, 0.15) is 5.75 Å². The van der Waals surface area contributed by atoms with E-state index in [1.54, 1.807) is 26.0 Å². The van der Waals surface area contributed by atoms with Crippen molar-refractivity contribution in [2.45, 2.75) is 26.3 Å². The van der Waals surface area contributed by atoms with E-state index in [2.05, 4.69) is 22.0 Å². The first-order chi connectivity index (χ1) is 11.0. The lowest BCUT2D eigenvalue weighted by Gasteiger charge is -2.32. The van der Waals surface area contributed by atoms with Crippen LogP contribution in [0.15, 0.2) is 52.2 Å². The molecule has 1 fully saturated rings. The van der Waals surface area contributed by atoms with Gasteiger partial charge in [0.2, 0.25) is 5.91 Å². The van der Waals surface area contributed by atoms with Gasteiger partial charge in [0, 0.05) is 18.2 Å². The van der Waals surface area contributed by atoms with Crippen molar-refractivity contribution in [1.82, 2.24) is 10.2 Å². The van der Waals surface area contributed by atoms with E-state index >= 15 is 0 Å². The minimum atomic E-state index is -0.463. The number of hydrogen-bond donors (Lipinski definition) is 1. The number of amidine groups is 1. The van der Waals surface area contributed by atoms with E-state index in [1.165, 1.54) is 11.1 Å². The molecule has 1 saturated heterocycles. The molecule has 7 heteroatoms. The zero-order valence-electron chi connectivity index (χ0n) is 13.0. The summed E-state index contributed by atoms with van der Waals surface area (Å²) >= 11 is 0. The summed E-state index contributed by atoms with van der Waals surface area (Å²) in [6.07, 6.45) is 1.70. The molecule has 3 amide bonds. The molecule has 1 heterocycles. The quantitative estimate of drug-likeness (QED) is 0.686. The second kappa shape index (κ2) is 7.35. The van der Waals surface area contributed by atoms with Crippen molar-refractivity contribution in [2.24, 2.45) is 9.98 Å². The lowest BCUT2D eigenvalue weighted by atomic mass is 10.1. The number of hydrogen-bond acceptors (Lipinski definition) is 4. The summed E-state index contributed by atoms with van der Waals surface area (Å²) in [6, 6.07) is 8.42. The number of carbonyl (C=O) groups is 2. The van der Waals surface area contributed by atoms with Crippen molar-refractivity contribution in [3.63, 3.8) is 0 Å². The summed E-state index contributed by atoms with van der Waals surface area (Å²) in [5, 5.41) is 2.27. The summed E-state index contributed by atoms with van der Waals surface area (Å²) in [5.74, 6) is 0.301. The molecule has 23 heavy (non-hydrogen) atoms. The van der Waals surface area contributed by atoms with Crippen LogP contribution >= 0.6 is 0 Å². The van der Waals surface area contributed by atoms with Gasteiger partial charge in [-0.2, -0.15) is 0 Å². The minimum Gasteiger partial charge on any atom is -0.424 e. The van der Waals surface area contributed by atoms with E-state index in [0.29, 0.717) is 11.4 Å². The van der Waals surface area contributed by atoms with E-state index in [9.17, 15) is 9.59 Å². The third-order valence-electron chi connectivity index (χ3n) is 3.22. The zero-order chi connectivity index (χ0) is 16.8. The Morgan fingerprint density at radius 1 is 1.39 bits per heavy atom. The zero-order valence-corrected chi connectivity index (χ0v) is 13.0. The highest BCUT2D eigenvalue weighted by Crippen LogP contribution is 2.16. The summed E-state index contributed by atoms with van der Waals surface area (Å²) in [7, 11) is 0. The number of rotatable bonds is 3. The molecule has 1 N–H and O–H groups in total. The van der Waals surface area contributed by atoms with E-state index in [0.717, 1.165) is 0 Å². The molecule has 1 aromatic rings. The molecular formula is C16H18N4O3. The lowest BCUT2D eigenvalue weighted by Crippen LogP contribution is -2.52. The van der Waals surface area contributed by atoms with Gasteiger partial charge in [-0.3, -0.25) is 15.0 Å². The maximum atomic E-state index is 11.9. The van der Waals surface area contributed by atoms with Gasteiger partial charge in [-0.05, 0) is 32.7 Å². The monoisotopic (exact) mass is 314 g/mol. The molecule has 2 rings (SSSR count). The normalized spacial score (nSPS) is 19.4. The van der Waals surface area contributed by atoms with Crippen LogP contribution in [0.2, 0.25) is 0 Å². The Hall–Kier alpha value is -2.96. The largest absolute Gasteiger partial charge is 0.424 e. The van der Waals surface area contributed by atoms with E-state index < -0.39 is 6.03 Å². The van der Waals surface area contributed by atoms with Crippen LogP contribution in [0.25, 0.3) is 0 Å². The molecule has 7 nitrogen and oxygen atoms in total. The predicted octanol–water partition coefficient (Wildman–Crippen LogP) is 2.31. The number of nitrogens with zero attached hydrogens (tertiary/aromatic N) is 3. The molecular weight excluding hydrogens is 296 g/mol. The number of ether oxygens (including phenoxy) is 1. The van der Waals surface area contributed by atoms with E-state index in [1.807, 2.05) is 18.2 Å². The highest BCUT2D eigenvalue weighted by molar-refractivity contribution is 5.97. The number of benzene rings is 1. The Bertz CT molecular complexity index is 667. The molecule has 1 atom stereocenters. The van der Waals surface area contributed by atoms with Crippen molar-refractivity contribution >= 4 is 24.7 Å². The number of carbonyl (C=O) groups excluding carboxylic acids is 2. The topological polar surface area (TPSA) is 83.4 Å². The van der Waals surface area contributed by atoms with Gasteiger partial charge in [0.05, 0.1) is 6.20 Å². The fraction of sp³-hybridized carbons (Fsp3) is 0.250. The van der Waals surface area contributed by atoms with Gasteiger partial charge < -0.3 is 4.74 Å². The molecule has 1 aromatic carbocycles. The van der Waals surface area contributed by atoms with Gasteiger partial charge in [-0.15, -0.1) is 0 Å². The Morgan fingerprint density at radius 2 is 2.09 bits per heavy atom. The number of para-hydroxylation sites is 1. The molecule has 0 spiro atoms. The summed E-state index contributed by atoms with van der Waals surface area (Å²) in [6.45, 7) is 6.93. The minimum absolute atomic E-state index is 0.0664. The van der Waals surface area contributed by atoms with Crippen LogP contribution in [0, 0.1) is 0 Å². The van der Waals surface area contributed by atoms with Crippen molar-refractivity contribution < 1.29 is 14.3 Å². The lowest BCUT2D eigenvalue weighted by molar-refractivity contribution is -0.122. The Balaban J connectivity index is 2.13. The number of imide groups is 1. The fourth-order valence-electron chi connectivity index (χ4n) is 2.20.